The average Bonchev–Trinajstić information content (AvgIpc) is 3.20. The van der Waals surface area contributed by atoms with Crippen LogP contribution < -0.4 is 0 Å². The molecule has 0 aliphatic heterocycles. The monoisotopic (exact) mass is 395 g/mol. The molecular formula is C19H20F3N3OS. The third-order valence-electron chi connectivity index (χ3n) is 4.38. The minimum Gasteiger partial charge on any atom is -0.441 e. The van der Waals surface area contributed by atoms with E-state index in [4.69, 9.17) is 4.42 Å². The zero-order chi connectivity index (χ0) is 19.8. The molecule has 0 bridgehead atoms. The Morgan fingerprint density at radius 1 is 1.22 bits per heavy atom. The van der Waals surface area contributed by atoms with E-state index in [2.05, 4.69) is 21.8 Å². The van der Waals surface area contributed by atoms with Gasteiger partial charge >= 0.3 is 6.18 Å². The van der Waals surface area contributed by atoms with Crippen molar-refractivity contribution in [2.45, 2.75) is 39.5 Å². The highest BCUT2D eigenvalue weighted by molar-refractivity contribution is 7.09. The quantitative estimate of drug-likeness (QED) is 0.562. The van der Waals surface area contributed by atoms with Crippen molar-refractivity contribution in [2.75, 3.05) is 7.05 Å². The highest BCUT2D eigenvalue weighted by Gasteiger charge is 2.31. The number of aromatic nitrogens is 2. The standard InChI is InChI=1S/C19H20F3N3OS/c1-11-10-27-18(23-11)12(2)25(4)9-16-13(3)26-17(24-16)14-6-5-7-15(8-14)19(20,21)22/h5-8,10,12H,9H2,1-4H3/t12-/m1/s1. The van der Waals surface area contributed by atoms with Gasteiger partial charge in [0.2, 0.25) is 5.89 Å². The van der Waals surface area contributed by atoms with Crippen LogP contribution in [0.3, 0.4) is 0 Å². The maximum Gasteiger partial charge on any atom is 0.416 e. The fourth-order valence-electron chi connectivity index (χ4n) is 2.65. The fraction of sp³-hybridized carbons (Fsp3) is 0.368. The molecule has 0 saturated carbocycles. The predicted octanol–water partition coefficient (Wildman–Crippen LogP) is 5.63. The van der Waals surface area contributed by atoms with Gasteiger partial charge in [-0.15, -0.1) is 11.3 Å². The van der Waals surface area contributed by atoms with Crippen LogP contribution in [-0.4, -0.2) is 21.9 Å². The Kier molecular flexibility index (Phi) is 5.39. The van der Waals surface area contributed by atoms with Gasteiger partial charge in [-0.2, -0.15) is 13.2 Å². The molecule has 0 unspecified atom stereocenters. The van der Waals surface area contributed by atoms with Gasteiger partial charge in [0.05, 0.1) is 17.3 Å². The van der Waals surface area contributed by atoms with Crippen LogP contribution in [0, 0.1) is 13.8 Å². The van der Waals surface area contributed by atoms with Gasteiger partial charge in [-0.05, 0) is 46.0 Å². The Labute approximate surface area is 159 Å². The number of aryl methyl sites for hydroxylation is 2. The fourth-order valence-corrected chi connectivity index (χ4v) is 3.57. The summed E-state index contributed by atoms with van der Waals surface area (Å²) in [4.78, 5) is 11.0. The number of hydrogen-bond donors (Lipinski definition) is 0. The summed E-state index contributed by atoms with van der Waals surface area (Å²) in [5, 5.41) is 3.02. The van der Waals surface area contributed by atoms with Crippen LogP contribution in [0.2, 0.25) is 0 Å². The van der Waals surface area contributed by atoms with Crippen LogP contribution in [0.15, 0.2) is 34.1 Å². The Morgan fingerprint density at radius 3 is 2.59 bits per heavy atom. The van der Waals surface area contributed by atoms with Crippen molar-refractivity contribution in [3.8, 4) is 11.5 Å². The lowest BCUT2D eigenvalue weighted by Crippen LogP contribution is -2.22. The molecule has 0 aliphatic rings. The van der Waals surface area contributed by atoms with Crippen LogP contribution in [-0.2, 0) is 12.7 Å². The van der Waals surface area contributed by atoms with Crippen molar-refractivity contribution in [3.05, 3.63) is 57.4 Å². The number of thiazole rings is 1. The van der Waals surface area contributed by atoms with Crippen molar-refractivity contribution in [2.24, 2.45) is 0 Å². The van der Waals surface area contributed by atoms with Gasteiger partial charge in [0, 0.05) is 23.2 Å². The number of hydrogen-bond acceptors (Lipinski definition) is 5. The van der Waals surface area contributed by atoms with E-state index >= 15 is 0 Å². The van der Waals surface area contributed by atoms with Gasteiger partial charge in [-0.25, -0.2) is 9.97 Å². The van der Waals surface area contributed by atoms with E-state index in [1.54, 1.807) is 24.3 Å². The van der Waals surface area contributed by atoms with Gasteiger partial charge in [0.15, 0.2) is 0 Å². The molecule has 8 heteroatoms. The van der Waals surface area contributed by atoms with E-state index in [1.807, 2.05) is 19.4 Å². The number of oxazole rings is 1. The maximum atomic E-state index is 12.9. The van der Waals surface area contributed by atoms with Crippen LogP contribution >= 0.6 is 11.3 Å². The Balaban J connectivity index is 1.80. The number of benzene rings is 1. The molecule has 0 spiro atoms. The molecule has 4 nitrogen and oxygen atoms in total. The summed E-state index contributed by atoms with van der Waals surface area (Å²) in [5.74, 6) is 0.788. The molecule has 2 aromatic heterocycles. The van der Waals surface area contributed by atoms with Crippen LogP contribution in [0.4, 0.5) is 13.2 Å². The zero-order valence-corrected chi connectivity index (χ0v) is 16.3. The van der Waals surface area contributed by atoms with E-state index in [0.717, 1.165) is 22.8 Å². The van der Waals surface area contributed by atoms with E-state index in [9.17, 15) is 13.2 Å². The van der Waals surface area contributed by atoms with Gasteiger partial charge in [0.1, 0.15) is 10.8 Å². The van der Waals surface area contributed by atoms with Crippen molar-refractivity contribution in [3.63, 3.8) is 0 Å². The van der Waals surface area contributed by atoms with Crippen molar-refractivity contribution < 1.29 is 17.6 Å². The molecule has 3 rings (SSSR count). The van der Waals surface area contributed by atoms with Crippen LogP contribution in [0.1, 0.15) is 40.7 Å². The van der Waals surface area contributed by atoms with Crippen molar-refractivity contribution in [1.82, 2.24) is 14.9 Å². The molecule has 1 aromatic carbocycles. The minimum atomic E-state index is -4.40. The summed E-state index contributed by atoms with van der Waals surface area (Å²) in [6, 6.07) is 5.10. The van der Waals surface area contributed by atoms with Crippen molar-refractivity contribution >= 4 is 11.3 Å². The van der Waals surface area contributed by atoms with Gasteiger partial charge in [-0.3, -0.25) is 4.90 Å². The lowest BCUT2D eigenvalue weighted by molar-refractivity contribution is -0.137. The van der Waals surface area contributed by atoms with Gasteiger partial charge in [0.25, 0.3) is 0 Å². The third kappa shape index (κ3) is 4.39. The number of alkyl halides is 3. The molecule has 2 heterocycles. The molecule has 1 atom stereocenters. The summed E-state index contributed by atoms with van der Waals surface area (Å²) >= 11 is 1.60. The second-order valence-corrected chi connectivity index (χ2v) is 7.41. The maximum absolute atomic E-state index is 12.9. The van der Waals surface area contributed by atoms with Crippen molar-refractivity contribution in [1.29, 1.82) is 0 Å². The second kappa shape index (κ2) is 7.44. The van der Waals surface area contributed by atoms with E-state index in [1.165, 1.54) is 6.07 Å². The summed E-state index contributed by atoms with van der Waals surface area (Å²) in [5.41, 5.74) is 1.28. The SMILES string of the molecule is Cc1csc([C@@H](C)N(C)Cc2nc(-c3cccc(C(F)(F)F)c3)oc2C)n1. The first-order valence-corrected chi connectivity index (χ1v) is 9.29. The Morgan fingerprint density at radius 2 is 1.96 bits per heavy atom. The third-order valence-corrected chi connectivity index (χ3v) is 5.52. The molecule has 0 amide bonds. The lowest BCUT2D eigenvalue weighted by atomic mass is 10.1. The molecular weight excluding hydrogens is 375 g/mol. The second-order valence-electron chi connectivity index (χ2n) is 6.52. The highest BCUT2D eigenvalue weighted by Crippen LogP contribution is 2.33. The molecule has 0 fully saturated rings. The number of halogens is 3. The Bertz CT molecular complexity index is 932. The largest absolute Gasteiger partial charge is 0.441 e. The molecule has 3 aromatic rings. The van der Waals surface area contributed by atoms with Crippen LogP contribution in [0.25, 0.3) is 11.5 Å². The lowest BCUT2D eigenvalue weighted by Gasteiger charge is -2.21. The minimum absolute atomic E-state index is 0.0943. The molecule has 27 heavy (non-hydrogen) atoms. The molecule has 0 saturated heterocycles. The number of nitrogens with zero attached hydrogens (tertiary/aromatic N) is 3. The van der Waals surface area contributed by atoms with Gasteiger partial charge < -0.3 is 4.42 Å². The molecule has 0 radical (unpaired) electrons. The summed E-state index contributed by atoms with van der Waals surface area (Å²) in [7, 11) is 1.96. The molecule has 0 N–H and O–H groups in total. The highest BCUT2D eigenvalue weighted by atomic mass is 32.1. The molecule has 144 valence electrons. The van der Waals surface area contributed by atoms with Gasteiger partial charge in [-0.1, -0.05) is 6.07 Å². The summed E-state index contributed by atoms with van der Waals surface area (Å²) in [6.45, 7) is 6.29. The van der Waals surface area contributed by atoms with E-state index < -0.39 is 11.7 Å². The predicted molar refractivity (Wildman–Crippen MR) is 98.4 cm³/mol. The summed E-state index contributed by atoms with van der Waals surface area (Å²) in [6.07, 6.45) is -4.40. The first-order chi connectivity index (χ1) is 12.6. The summed E-state index contributed by atoms with van der Waals surface area (Å²) < 4.78 is 44.4. The molecule has 0 aliphatic carbocycles. The van der Waals surface area contributed by atoms with E-state index in [-0.39, 0.29) is 11.9 Å². The first kappa shape index (κ1) is 19.6. The first-order valence-electron chi connectivity index (χ1n) is 8.41. The Hall–Kier alpha value is -2.19. The topological polar surface area (TPSA) is 42.2 Å². The smallest absolute Gasteiger partial charge is 0.416 e. The normalized spacial score (nSPS) is 13.3. The number of rotatable bonds is 5. The zero-order valence-electron chi connectivity index (χ0n) is 15.5. The van der Waals surface area contributed by atoms with Crippen LogP contribution in [0.5, 0.6) is 0 Å². The van der Waals surface area contributed by atoms with E-state index in [0.29, 0.717) is 23.6 Å². The average molecular weight is 395 g/mol.